The van der Waals surface area contributed by atoms with Crippen LogP contribution in [0.25, 0.3) is 11.0 Å². The number of halogens is 2. The lowest BCUT2D eigenvalue weighted by atomic mass is 10.3. The molecule has 62 valence electrons. The Morgan fingerprint density at radius 1 is 1.50 bits per heavy atom. The molecule has 0 bridgehead atoms. The molecule has 2 nitrogen and oxygen atoms in total. The van der Waals surface area contributed by atoms with Crippen LogP contribution in [-0.2, 0) is 0 Å². The van der Waals surface area contributed by atoms with Crippen molar-refractivity contribution in [3.8, 4) is 0 Å². The summed E-state index contributed by atoms with van der Waals surface area (Å²) in [6.45, 7) is 1.92. The maximum Gasteiger partial charge on any atom is 0.108 e. The van der Waals surface area contributed by atoms with E-state index in [0.717, 1.165) is 25.5 Å². The van der Waals surface area contributed by atoms with E-state index in [1.807, 2.05) is 19.1 Å². The molecule has 0 fully saturated rings. The normalized spacial score (nSPS) is 10.9. The molecule has 12 heavy (non-hydrogen) atoms. The van der Waals surface area contributed by atoms with Gasteiger partial charge in [0, 0.05) is 3.57 Å². The van der Waals surface area contributed by atoms with Crippen molar-refractivity contribution in [2.45, 2.75) is 6.92 Å². The quantitative estimate of drug-likeness (QED) is 0.743. The second-order valence-electron chi connectivity index (χ2n) is 2.58. The van der Waals surface area contributed by atoms with Gasteiger partial charge in [0.2, 0.25) is 0 Å². The summed E-state index contributed by atoms with van der Waals surface area (Å²) in [5.74, 6) is 0.897. The number of hydrogen-bond acceptors (Lipinski definition) is 1. The lowest BCUT2D eigenvalue weighted by Crippen LogP contribution is -1.76. The molecule has 0 saturated heterocycles. The molecular weight excluding hydrogens is 286 g/mol. The highest BCUT2D eigenvalue weighted by atomic mass is 127. The first-order valence-electron chi connectivity index (χ1n) is 3.49. The van der Waals surface area contributed by atoms with E-state index in [2.05, 4.69) is 32.6 Å². The topological polar surface area (TPSA) is 28.7 Å². The molecule has 0 spiro atoms. The molecule has 1 N–H and O–H groups in total. The number of aromatic amines is 1. The van der Waals surface area contributed by atoms with Gasteiger partial charge in [0.15, 0.2) is 0 Å². The van der Waals surface area contributed by atoms with E-state index in [9.17, 15) is 0 Å². The Labute approximate surface area is 88.5 Å². The Hall–Kier alpha value is -0.290. The summed E-state index contributed by atoms with van der Waals surface area (Å²) in [4.78, 5) is 7.41. The number of nitrogens with one attached hydrogen (secondary N) is 1. The Bertz CT molecular complexity index is 436. The number of aryl methyl sites for hydroxylation is 1. The van der Waals surface area contributed by atoms with Crippen LogP contribution in [0.1, 0.15) is 5.82 Å². The first kappa shape index (κ1) is 8.31. The van der Waals surface area contributed by atoms with Gasteiger partial charge >= 0.3 is 0 Å². The highest BCUT2D eigenvalue weighted by Gasteiger charge is 2.06. The molecule has 1 aromatic carbocycles. The van der Waals surface area contributed by atoms with Crippen molar-refractivity contribution in [1.29, 1.82) is 0 Å². The second kappa shape index (κ2) is 2.88. The zero-order valence-corrected chi connectivity index (χ0v) is 9.27. The fourth-order valence-electron chi connectivity index (χ4n) is 1.14. The van der Waals surface area contributed by atoms with Crippen LogP contribution in [-0.4, -0.2) is 9.97 Å². The lowest BCUT2D eigenvalue weighted by molar-refractivity contribution is 1.17. The van der Waals surface area contributed by atoms with E-state index in [4.69, 9.17) is 11.6 Å². The number of nitrogens with zero attached hydrogens (tertiary/aromatic N) is 1. The molecule has 0 aliphatic carbocycles. The van der Waals surface area contributed by atoms with E-state index in [0.29, 0.717) is 0 Å². The van der Waals surface area contributed by atoms with E-state index in [1.54, 1.807) is 0 Å². The molecule has 0 amide bonds. The molecule has 0 unspecified atom stereocenters. The molecule has 1 heterocycles. The average Bonchev–Trinajstić information content (AvgIpc) is 2.39. The Morgan fingerprint density at radius 2 is 2.25 bits per heavy atom. The summed E-state index contributed by atoms with van der Waals surface area (Å²) < 4.78 is 1.04. The Kier molecular flexibility index (Phi) is 2.00. The summed E-state index contributed by atoms with van der Waals surface area (Å²) >= 11 is 8.25. The van der Waals surface area contributed by atoms with Crippen LogP contribution < -0.4 is 0 Å². The summed E-state index contributed by atoms with van der Waals surface area (Å²) in [6, 6.07) is 3.96. The number of rotatable bonds is 0. The van der Waals surface area contributed by atoms with Crippen LogP contribution in [0.3, 0.4) is 0 Å². The second-order valence-corrected chi connectivity index (χ2v) is 4.12. The summed E-state index contributed by atoms with van der Waals surface area (Å²) in [7, 11) is 0. The molecule has 0 aliphatic heterocycles. The van der Waals surface area contributed by atoms with Crippen LogP contribution >= 0.6 is 34.2 Å². The van der Waals surface area contributed by atoms with Gasteiger partial charge in [-0.2, -0.15) is 0 Å². The van der Waals surface area contributed by atoms with Gasteiger partial charge in [0.25, 0.3) is 0 Å². The SMILES string of the molecule is Cc1nc2c(Cl)c(I)ccc2[nH]1. The van der Waals surface area contributed by atoms with Crippen molar-refractivity contribution in [3.05, 3.63) is 26.5 Å². The lowest BCUT2D eigenvalue weighted by Gasteiger charge is -1.94. The number of benzene rings is 1. The fourth-order valence-corrected chi connectivity index (χ4v) is 1.78. The first-order valence-corrected chi connectivity index (χ1v) is 4.94. The Balaban J connectivity index is 2.89. The van der Waals surface area contributed by atoms with E-state index in [1.165, 1.54) is 0 Å². The molecule has 0 saturated carbocycles. The van der Waals surface area contributed by atoms with E-state index in [-0.39, 0.29) is 0 Å². The van der Waals surface area contributed by atoms with E-state index < -0.39 is 0 Å². The van der Waals surface area contributed by atoms with Gasteiger partial charge in [-0.05, 0) is 41.6 Å². The zero-order chi connectivity index (χ0) is 8.72. The van der Waals surface area contributed by atoms with Gasteiger partial charge in [-0.25, -0.2) is 4.98 Å². The van der Waals surface area contributed by atoms with Crippen LogP contribution in [0, 0.1) is 10.5 Å². The Morgan fingerprint density at radius 3 is 3.00 bits per heavy atom. The zero-order valence-electron chi connectivity index (χ0n) is 6.36. The molecule has 0 aliphatic rings. The smallest absolute Gasteiger partial charge is 0.108 e. The molecule has 0 radical (unpaired) electrons. The van der Waals surface area contributed by atoms with Gasteiger partial charge < -0.3 is 4.98 Å². The number of aromatic nitrogens is 2. The number of fused-ring (bicyclic) bond motifs is 1. The number of H-pyrrole nitrogens is 1. The van der Waals surface area contributed by atoms with Gasteiger partial charge in [-0.1, -0.05) is 11.6 Å². The minimum absolute atomic E-state index is 0.734. The highest BCUT2D eigenvalue weighted by Crippen LogP contribution is 2.26. The third kappa shape index (κ3) is 1.21. The summed E-state index contributed by atoms with van der Waals surface area (Å²) in [6.07, 6.45) is 0. The van der Waals surface area contributed by atoms with Crippen LogP contribution in [0.5, 0.6) is 0 Å². The van der Waals surface area contributed by atoms with Crippen molar-refractivity contribution in [2.75, 3.05) is 0 Å². The molecule has 1 aromatic heterocycles. The third-order valence-electron chi connectivity index (χ3n) is 1.66. The van der Waals surface area contributed by atoms with Crippen LogP contribution in [0.15, 0.2) is 12.1 Å². The van der Waals surface area contributed by atoms with Gasteiger partial charge in [0.05, 0.1) is 10.5 Å². The van der Waals surface area contributed by atoms with Crippen LogP contribution in [0.2, 0.25) is 5.02 Å². The van der Waals surface area contributed by atoms with Crippen molar-refractivity contribution in [3.63, 3.8) is 0 Å². The molecular formula is C8H6ClIN2. The molecule has 4 heteroatoms. The maximum atomic E-state index is 6.05. The molecule has 0 atom stereocenters. The monoisotopic (exact) mass is 292 g/mol. The van der Waals surface area contributed by atoms with Crippen molar-refractivity contribution < 1.29 is 0 Å². The largest absolute Gasteiger partial charge is 0.342 e. The fraction of sp³-hybridized carbons (Fsp3) is 0.125. The minimum Gasteiger partial charge on any atom is -0.342 e. The van der Waals surface area contributed by atoms with Gasteiger partial charge in [-0.15, -0.1) is 0 Å². The molecule has 2 aromatic rings. The van der Waals surface area contributed by atoms with Crippen LogP contribution in [0.4, 0.5) is 0 Å². The van der Waals surface area contributed by atoms with Gasteiger partial charge in [0.1, 0.15) is 11.3 Å². The number of hydrogen-bond donors (Lipinski definition) is 1. The van der Waals surface area contributed by atoms with Gasteiger partial charge in [-0.3, -0.25) is 0 Å². The average molecular weight is 293 g/mol. The standard InChI is InChI=1S/C8H6ClIN2/c1-4-11-6-3-2-5(10)7(9)8(6)12-4/h2-3H,1H3,(H,11,12). The summed E-state index contributed by atoms with van der Waals surface area (Å²) in [5.41, 5.74) is 1.86. The predicted molar refractivity (Wildman–Crippen MR) is 58.6 cm³/mol. The van der Waals surface area contributed by atoms with Crippen molar-refractivity contribution >= 4 is 45.2 Å². The van der Waals surface area contributed by atoms with Crippen molar-refractivity contribution in [1.82, 2.24) is 9.97 Å². The first-order chi connectivity index (χ1) is 5.68. The summed E-state index contributed by atoms with van der Waals surface area (Å²) in [5, 5.41) is 0.734. The van der Waals surface area contributed by atoms with E-state index >= 15 is 0 Å². The predicted octanol–water partition coefficient (Wildman–Crippen LogP) is 3.13. The maximum absolute atomic E-state index is 6.05. The third-order valence-corrected chi connectivity index (χ3v) is 3.26. The van der Waals surface area contributed by atoms with Crippen molar-refractivity contribution in [2.24, 2.45) is 0 Å². The molecule has 2 rings (SSSR count). The number of imidazole rings is 1. The highest BCUT2D eigenvalue weighted by molar-refractivity contribution is 14.1. The minimum atomic E-state index is 0.734.